The van der Waals surface area contributed by atoms with Crippen LogP contribution in [0.5, 0.6) is 11.5 Å². The Labute approximate surface area is 120 Å². The van der Waals surface area contributed by atoms with Crippen molar-refractivity contribution in [2.24, 2.45) is 0 Å². The average Bonchev–Trinajstić information content (AvgIpc) is 2.51. The minimum Gasteiger partial charge on any atom is -0.486 e. The van der Waals surface area contributed by atoms with Gasteiger partial charge in [-0.3, -0.25) is 0 Å². The minimum atomic E-state index is -1.45. The summed E-state index contributed by atoms with van der Waals surface area (Å²) in [5, 5.41) is 10.3. The van der Waals surface area contributed by atoms with E-state index in [9.17, 15) is 13.9 Å². The second-order valence-corrected chi connectivity index (χ2v) is 4.95. The fourth-order valence-corrected chi connectivity index (χ4v) is 2.33. The Morgan fingerprint density at radius 2 is 1.86 bits per heavy atom. The first kappa shape index (κ1) is 13.8. The second-order valence-electron chi connectivity index (χ2n) is 4.95. The number of fused-ring (bicyclic) bond motifs is 1. The van der Waals surface area contributed by atoms with Crippen LogP contribution in [0, 0.1) is 18.6 Å². The van der Waals surface area contributed by atoms with Crippen LogP contribution in [0.25, 0.3) is 0 Å². The van der Waals surface area contributed by atoms with Gasteiger partial charge in [-0.15, -0.1) is 0 Å². The number of ether oxygens (including phenoxy) is 2. The summed E-state index contributed by atoms with van der Waals surface area (Å²) in [7, 11) is 0. The number of aliphatic hydroxyl groups excluding tert-OH is 1. The first-order valence-corrected chi connectivity index (χ1v) is 6.59. The van der Waals surface area contributed by atoms with E-state index in [0.29, 0.717) is 11.5 Å². The van der Waals surface area contributed by atoms with E-state index in [1.54, 1.807) is 24.3 Å². The lowest BCUT2D eigenvalue weighted by Crippen LogP contribution is -2.35. The molecule has 1 aliphatic rings. The number of para-hydroxylation sites is 2. The quantitative estimate of drug-likeness (QED) is 0.924. The van der Waals surface area contributed by atoms with E-state index < -0.39 is 23.8 Å². The van der Waals surface area contributed by atoms with Crippen molar-refractivity contribution in [3.8, 4) is 11.5 Å². The number of hydrogen-bond donors (Lipinski definition) is 1. The second kappa shape index (κ2) is 5.33. The van der Waals surface area contributed by atoms with Crippen molar-refractivity contribution < 1.29 is 23.4 Å². The van der Waals surface area contributed by atoms with Gasteiger partial charge in [-0.05, 0) is 30.7 Å². The molecule has 2 unspecified atom stereocenters. The highest BCUT2D eigenvalue weighted by Crippen LogP contribution is 2.35. The average molecular weight is 292 g/mol. The van der Waals surface area contributed by atoms with E-state index in [0.717, 1.165) is 6.07 Å². The van der Waals surface area contributed by atoms with Gasteiger partial charge in [0.1, 0.15) is 24.3 Å². The maximum atomic E-state index is 14.1. The molecule has 0 aromatic heterocycles. The summed E-state index contributed by atoms with van der Waals surface area (Å²) in [6, 6.07) is 9.41. The summed E-state index contributed by atoms with van der Waals surface area (Å²) >= 11 is 0. The predicted molar refractivity (Wildman–Crippen MR) is 72.4 cm³/mol. The molecule has 0 saturated carbocycles. The molecule has 1 N–H and O–H groups in total. The molecule has 0 amide bonds. The zero-order chi connectivity index (χ0) is 15.0. The zero-order valence-electron chi connectivity index (χ0n) is 11.3. The maximum absolute atomic E-state index is 14.1. The van der Waals surface area contributed by atoms with Crippen LogP contribution in [0.3, 0.4) is 0 Å². The van der Waals surface area contributed by atoms with Crippen molar-refractivity contribution in [1.82, 2.24) is 0 Å². The normalized spacial score (nSPS) is 18.4. The fourth-order valence-electron chi connectivity index (χ4n) is 2.33. The molecular weight excluding hydrogens is 278 g/mol. The van der Waals surface area contributed by atoms with Crippen LogP contribution in [0.15, 0.2) is 36.4 Å². The molecule has 2 aromatic carbocycles. The highest BCUT2D eigenvalue weighted by atomic mass is 19.1. The highest BCUT2D eigenvalue weighted by molar-refractivity contribution is 5.41. The fraction of sp³-hybridized carbons (Fsp3) is 0.250. The molecule has 0 spiro atoms. The largest absolute Gasteiger partial charge is 0.486 e. The molecule has 1 heterocycles. The number of hydrogen-bond acceptors (Lipinski definition) is 3. The van der Waals surface area contributed by atoms with E-state index in [-0.39, 0.29) is 17.7 Å². The molecule has 0 saturated heterocycles. The van der Waals surface area contributed by atoms with Gasteiger partial charge in [-0.1, -0.05) is 18.2 Å². The molecule has 0 fully saturated rings. The van der Waals surface area contributed by atoms with Crippen LogP contribution < -0.4 is 9.47 Å². The first-order chi connectivity index (χ1) is 10.1. The Hall–Kier alpha value is -2.14. The number of aliphatic hydroxyl groups is 1. The van der Waals surface area contributed by atoms with Crippen molar-refractivity contribution in [3.63, 3.8) is 0 Å². The molecule has 3 nitrogen and oxygen atoms in total. The van der Waals surface area contributed by atoms with Gasteiger partial charge in [0.15, 0.2) is 17.6 Å². The number of halogens is 2. The highest BCUT2D eigenvalue weighted by Gasteiger charge is 2.32. The number of aryl methyl sites for hydroxylation is 1. The van der Waals surface area contributed by atoms with Crippen molar-refractivity contribution in [2.45, 2.75) is 19.1 Å². The third-order valence-corrected chi connectivity index (χ3v) is 3.50. The van der Waals surface area contributed by atoms with Crippen molar-refractivity contribution in [1.29, 1.82) is 0 Å². The summed E-state index contributed by atoms with van der Waals surface area (Å²) in [5.41, 5.74) is -0.120. The summed E-state index contributed by atoms with van der Waals surface area (Å²) in [5.74, 6) is -0.564. The van der Waals surface area contributed by atoms with Crippen molar-refractivity contribution in [2.75, 3.05) is 6.61 Å². The Kier molecular flexibility index (Phi) is 3.51. The Morgan fingerprint density at radius 1 is 1.14 bits per heavy atom. The molecule has 2 aromatic rings. The van der Waals surface area contributed by atoms with Gasteiger partial charge in [0.05, 0.1) is 5.56 Å². The molecule has 2 atom stereocenters. The Balaban J connectivity index is 1.91. The summed E-state index contributed by atoms with van der Waals surface area (Å²) < 4.78 is 39.0. The van der Waals surface area contributed by atoms with Crippen LogP contribution >= 0.6 is 0 Å². The summed E-state index contributed by atoms with van der Waals surface area (Å²) in [6.07, 6.45) is -2.32. The van der Waals surface area contributed by atoms with Crippen LogP contribution in [0.1, 0.15) is 17.2 Å². The van der Waals surface area contributed by atoms with E-state index >= 15 is 0 Å². The summed E-state index contributed by atoms with van der Waals surface area (Å²) in [4.78, 5) is 0. The first-order valence-electron chi connectivity index (χ1n) is 6.59. The lowest BCUT2D eigenvalue weighted by atomic mass is 10.0. The third-order valence-electron chi connectivity index (χ3n) is 3.50. The van der Waals surface area contributed by atoms with Gasteiger partial charge >= 0.3 is 0 Å². The molecule has 0 radical (unpaired) electrons. The van der Waals surface area contributed by atoms with Crippen molar-refractivity contribution in [3.05, 3.63) is 59.2 Å². The van der Waals surface area contributed by atoms with Gasteiger partial charge < -0.3 is 14.6 Å². The van der Waals surface area contributed by atoms with Gasteiger partial charge in [0.25, 0.3) is 0 Å². The molecule has 21 heavy (non-hydrogen) atoms. The number of rotatable bonds is 2. The number of benzene rings is 2. The minimum absolute atomic E-state index is 0.0189. The van der Waals surface area contributed by atoms with Crippen LogP contribution in [-0.4, -0.2) is 17.8 Å². The SMILES string of the molecule is Cc1ccc(F)c(C(O)C2COc3ccccc3O2)c1F. The predicted octanol–water partition coefficient (Wildman–Crippen LogP) is 3.15. The van der Waals surface area contributed by atoms with Gasteiger partial charge in [-0.25, -0.2) is 8.78 Å². The summed E-state index contributed by atoms with van der Waals surface area (Å²) in [6.45, 7) is 1.53. The zero-order valence-corrected chi connectivity index (χ0v) is 11.3. The van der Waals surface area contributed by atoms with E-state index in [1.165, 1.54) is 13.0 Å². The lowest BCUT2D eigenvalue weighted by Gasteiger charge is -2.30. The van der Waals surface area contributed by atoms with Crippen LogP contribution in [-0.2, 0) is 0 Å². The lowest BCUT2D eigenvalue weighted by molar-refractivity contribution is -0.0145. The topological polar surface area (TPSA) is 38.7 Å². The molecule has 0 bridgehead atoms. The van der Waals surface area contributed by atoms with Gasteiger partial charge in [0, 0.05) is 0 Å². The smallest absolute Gasteiger partial charge is 0.163 e. The monoisotopic (exact) mass is 292 g/mol. The maximum Gasteiger partial charge on any atom is 0.163 e. The van der Waals surface area contributed by atoms with Crippen LogP contribution in [0.4, 0.5) is 8.78 Å². The third kappa shape index (κ3) is 2.45. The molecule has 3 rings (SSSR count). The van der Waals surface area contributed by atoms with Gasteiger partial charge in [-0.2, -0.15) is 0 Å². The molecule has 5 heteroatoms. The van der Waals surface area contributed by atoms with Crippen LogP contribution in [0.2, 0.25) is 0 Å². The van der Waals surface area contributed by atoms with Gasteiger partial charge in [0.2, 0.25) is 0 Å². The molecule has 1 aliphatic heterocycles. The molecular formula is C16H14F2O3. The Morgan fingerprint density at radius 3 is 2.62 bits per heavy atom. The van der Waals surface area contributed by atoms with E-state index in [1.807, 2.05) is 0 Å². The Bertz CT molecular complexity index is 673. The standard InChI is InChI=1S/C16H14F2O3/c1-9-6-7-10(17)14(15(9)18)16(19)13-8-20-11-4-2-3-5-12(11)21-13/h2-7,13,16,19H,8H2,1H3. The van der Waals surface area contributed by atoms with Crippen molar-refractivity contribution >= 4 is 0 Å². The van der Waals surface area contributed by atoms with E-state index in [2.05, 4.69) is 0 Å². The molecule has 110 valence electrons. The van der Waals surface area contributed by atoms with E-state index in [4.69, 9.17) is 9.47 Å². The molecule has 0 aliphatic carbocycles.